The summed E-state index contributed by atoms with van der Waals surface area (Å²) in [6, 6.07) is 6.38. The summed E-state index contributed by atoms with van der Waals surface area (Å²) in [5.74, 6) is 0.664. The lowest BCUT2D eigenvalue weighted by Gasteiger charge is -2.36. The zero-order valence-corrected chi connectivity index (χ0v) is 16.9. The van der Waals surface area contributed by atoms with Gasteiger partial charge >= 0.3 is 0 Å². The van der Waals surface area contributed by atoms with E-state index >= 15 is 0 Å². The van der Waals surface area contributed by atoms with Crippen molar-refractivity contribution < 1.29 is 4.74 Å². The molecule has 0 bridgehead atoms. The van der Waals surface area contributed by atoms with Crippen LogP contribution in [0, 0.1) is 0 Å². The monoisotopic (exact) mass is 380 g/mol. The van der Waals surface area contributed by atoms with Crippen molar-refractivity contribution in [3.05, 3.63) is 42.7 Å². The second-order valence-corrected chi connectivity index (χ2v) is 7.62. The molecule has 1 aliphatic rings. The van der Waals surface area contributed by atoms with Crippen molar-refractivity contribution in [2.75, 3.05) is 37.6 Å². The average Bonchev–Trinajstić information content (AvgIpc) is 3.11. The van der Waals surface area contributed by atoms with Gasteiger partial charge in [-0.15, -0.1) is 0 Å². The summed E-state index contributed by atoms with van der Waals surface area (Å²) >= 11 is 0. The van der Waals surface area contributed by atoms with Crippen molar-refractivity contribution in [2.45, 2.75) is 26.4 Å². The molecule has 1 aliphatic heterocycles. The minimum absolute atomic E-state index is 0.0877. The number of imidazole rings is 1. The number of hydrogen-bond acceptors (Lipinski definition) is 6. The van der Waals surface area contributed by atoms with Gasteiger partial charge in [0.2, 0.25) is 5.88 Å². The van der Waals surface area contributed by atoms with Crippen molar-refractivity contribution >= 4 is 16.6 Å². The first kappa shape index (κ1) is 18.7. The molecule has 0 aliphatic carbocycles. The Morgan fingerprint density at radius 2 is 1.93 bits per heavy atom. The number of piperazine rings is 1. The number of aromatic nitrogens is 4. The van der Waals surface area contributed by atoms with Crippen molar-refractivity contribution in [3.8, 4) is 5.88 Å². The van der Waals surface area contributed by atoms with Gasteiger partial charge in [-0.3, -0.25) is 4.90 Å². The van der Waals surface area contributed by atoms with E-state index in [4.69, 9.17) is 4.74 Å². The third kappa shape index (κ3) is 4.09. The third-order valence-corrected chi connectivity index (χ3v) is 5.27. The smallest absolute Gasteiger partial charge is 0.224 e. The molecule has 148 valence electrons. The van der Waals surface area contributed by atoms with Crippen LogP contribution in [0.25, 0.3) is 10.9 Å². The SMILES string of the molecule is CC(C)Oc1ncnc2ccc(N3CCN(CCc4cncn4C)CC3)cc12. The van der Waals surface area contributed by atoms with Gasteiger partial charge in [-0.2, -0.15) is 0 Å². The number of fused-ring (bicyclic) bond motifs is 1. The maximum Gasteiger partial charge on any atom is 0.224 e. The molecule has 1 aromatic carbocycles. The van der Waals surface area contributed by atoms with Gasteiger partial charge in [-0.25, -0.2) is 15.0 Å². The van der Waals surface area contributed by atoms with Gasteiger partial charge in [0.15, 0.2) is 0 Å². The number of ether oxygens (including phenoxy) is 1. The van der Waals surface area contributed by atoms with Crippen molar-refractivity contribution in [1.82, 2.24) is 24.4 Å². The molecule has 28 heavy (non-hydrogen) atoms. The standard InChI is InChI=1S/C21H28N6O/c1-16(2)28-21-19-12-17(4-5-20(19)23-14-24-21)27-10-8-26(9-11-27)7-6-18-13-22-15-25(18)3/h4-5,12-16H,6-11H2,1-3H3. The Bertz CT molecular complexity index is 930. The van der Waals surface area contributed by atoms with Crippen molar-refractivity contribution in [3.63, 3.8) is 0 Å². The van der Waals surface area contributed by atoms with E-state index in [1.54, 1.807) is 6.33 Å². The zero-order valence-electron chi connectivity index (χ0n) is 16.9. The summed E-state index contributed by atoms with van der Waals surface area (Å²) in [5.41, 5.74) is 3.42. The minimum Gasteiger partial charge on any atom is -0.474 e. The molecule has 4 rings (SSSR count). The fourth-order valence-corrected chi connectivity index (χ4v) is 3.66. The highest BCUT2D eigenvalue weighted by Gasteiger charge is 2.18. The third-order valence-electron chi connectivity index (χ3n) is 5.27. The van der Waals surface area contributed by atoms with Crippen LogP contribution in [0.2, 0.25) is 0 Å². The van der Waals surface area contributed by atoms with Gasteiger partial charge in [0.25, 0.3) is 0 Å². The number of hydrogen-bond donors (Lipinski definition) is 0. The van der Waals surface area contributed by atoms with Gasteiger partial charge in [-0.05, 0) is 32.0 Å². The summed E-state index contributed by atoms with van der Waals surface area (Å²) in [5, 5.41) is 0.979. The van der Waals surface area contributed by atoms with Crippen LogP contribution in [0.3, 0.4) is 0 Å². The molecular formula is C21H28N6O. The summed E-state index contributed by atoms with van der Waals surface area (Å²) in [6.45, 7) is 9.28. The molecule has 0 saturated carbocycles. The van der Waals surface area contributed by atoms with Gasteiger partial charge in [-0.1, -0.05) is 0 Å². The number of rotatable bonds is 6. The van der Waals surface area contributed by atoms with E-state index in [9.17, 15) is 0 Å². The van der Waals surface area contributed by atoms with Crippen LogP contribution in [-0.2, 0) is 13.5 Å². The number of nitrogens with zero attached hydrogens (tertiary/aromatic N) is 6. The molecular weight excluding hydrogens is 352 g/mol. The van der Waals surface area contributed by atoms with E-state index in [0.717, 1.165) is 50.0 Å². The van der Waals surface area contributed by atoms with Crippen LogP contribution in [0.5, 0.6) is 5.88 Å². The number of benzene rings is 1. The Morgan fingerprint density at radius 3 is 2.64 bits per heavy atom. The molecule has 3 heterocycles. The van der Waals surface area contributed by atoms with E-state index < -0.39 is 0 Å². The highest BCUT2D eigenvalue weighted by molar-refractivity contribution is 5.86. The Hall–Kier alpha value is -2.67. The van der Waals surface area contributed by atoms with Gasteiger partial charge in [0.1, 0.15) is 6.33 Å². The van der Waals surface area contributed by atoms with E-state index in [2.05, 4.69) is 54.6 Å². The average molecular weight is 380 g/mol. The zero-order chi connectivity index (χ0) is 19.5. The highest BCUT2D eigenvalue weighted by atomic mass is 16.5. The van der Waals surface area contributed by atoms with E-state index in [1.807, 2.05) is 26.4 Å². The van der Waals surface area contributed by atoms with Crippen LogP contribution in [-0.4, -0.2) is 63.2 Å². The molecule has 2 aromatic heterocycles. The predicted molar refractivity (Wildman–Crippen MR) is 111 cm³/mol. The Morgan fingerprint density at radius 1 is 1.11 bits per heavy atom. The first-order chi connectivity index (χ1) is 13.6. The van der Waals surface area contributed by atoms with Gasteiger partial charge < -0.3 is 14.2 Å². The molecule has 7 heteroatoms. The Kier molecular flexibility index (Phi) is 5.43. The van der Waals surface area contributed by atoms with Crippen LogP contribution in [0.1, 0.15) is 19.5 Å². The van der Waals surface area contributed by atoms with Crippen LogP contribution in [0.4, 0.5) is 5.69 Å². The maximum atomic E-state index is 5.88. The quantitative estimate of drug-likeness (QED) is 0.655. The number of aryl methyl sites for hydroxylation is 1. The molecule has 0 atom stereocenters. The van der Waals surface area contributed by atoms with Gasteiger partial charge in [0, 0.05) is 63.8 Å². The number of anilines is 1. The molecule has 1 saturated heterocycles. The van der Waals surface area contributed by atoms with Crippen LogP contribution in [0.15, 0.2) is 37.1 Å². The molecule has 0 spiro atoms. The lowest BCUT2D eigenvalue weighted by Crippen LogP contribution is -2.47. The summed E-state index contributed by atoms with van der Waals surface area (Å²) in [6.07, 6.45) is 6.53. The molecule has 1 fully saturated rings. The minimum atomic E-state index is 0.0877. The van der Waals surface area contributed by atoms with Gasteiger partial charge in [0.05, 0.1) is 23.3 Å². The summed E-state index contributed by atoms with van der Waals surface area (Å²) in [4.78, 5) is 17.9. The van der Waals surface area contributed by atoms with Crippen LogP contribution < -0.4 is 9.64 Å². The van der Waals surface area contributed by atoms with Crippen molar-refractivity contribution in [1.29, 1.82) is 0 Å². The Balaban J connectivity index is 1.41. The second-order valence-electron chi connectivity index (χ2n) is 7.62. The van der Waals surface area contributed by atoms with Crippen LogP contribution >= 0.6 is 0 Å². The fraction of sp³-hybridized carbons (Fsp3) is 0.476. The first-order valence-electron chi connectivity index (χ1n) is 9.94. The molecule has 0 N–H and O–H groups in total. The lowest BCUT2D eigenvalue weighted by molar-refractivity contribution is 0.235. The van der Waals surface area contributed by atoms with E-state index in [0.29, 0.717) is 5.88 Å². The molecule has 0 unspecified atom stereocenters. The molecule has 7 nitrogen and oxygen atoms in total. The largest absolute Gasteiger partial charge is 0.474 e. The lowest BCUT2D eigenvalue weighted by atomic mass is 10.1. The molecule has 0 amide bonds. The summed E-state index contributed by atoms with van der Waals surface area (Å²) < 4.78 is 7.98. The molecule has 0 radical (unpaired) electrons. The predicted octanol–water partition coefficient (Wildman–Crippen LogP) is 2.52. The van der Waals surface area contributed by atoms with Crippen molar-refractivity contribution in [2.24, 2.45) is 7.05 Å². The second kappa shape index (κ2) is 8.14. The normalized spacial score (nSPS) is 15.5. The fourth-order valence-electron chi connectivity index (χ4n) is 3.66. The highest BCUT2D eigenvalue weighted by Crippen LogP contribution is 2.28. The maximum absolute atomic E-state index is 5.88. The Labute approximate surface area is 166 Å². The van der Waals surface area contributed by atoms with E-state index in [-0.39, 0.29) is 6.10 Å². The van der Waals surface area contributed by atoms with E-state index in [1.165, 1.54) is 11.4 Å². The summed E-state index contributed by atoms with van der Waals surface area (Å²) in [7, 11) is 2.06. The topological polar surface area (TPSA) is 59.3 Å². The molecule has 3 aromatic rings. The first-order valence-corrected chi connectivity index (χ1v) is 9.94.